The van der Waals surface area contributed by atoms with E-state index >= 15 is 0 Å². The van der Waals surface area contributed by atoms with Crippen LogP contribution in [0.1, 0.15) is 25.1 Å². The maximum Gasteiger partial charge on any atom is 0.223 e. The number of benzene rings is 1. The molecule has 1 aromatic heterocycles. The minimum absolute atomic E-state index is 0.0459. The summed E-state index contributed by atoms with van der Waals surface area (Å²) < 4.78 is 15.2. The van der Waals surface area contributed by atoms with E-state index in [4.69, 9.17) is 5.73 Å². The van der Waals surface area contributed by atoms with Crippen molar-refractivity contribution in [1.82, 2.24) is 14.9 Å². The molecule has 1 amide bonds. The van der Waals surface area contributed by atoms with Crippen molar-refractivity contribution in [2.45, 2.75) is 31.7 Å². The Kier molecular flexibility index (Phi) is 4.11. The molecule has 1 fully saturated rings. The average Bonchev–Trinajstić information content (AvgIpc) is 3.04. The van der Waals surface area contributed by atoms with Gasteiger partial charge in [-0.25, -0.2) is 9.37 Å². The van der Waals surface area contributed by atoms with Crippen LogP contribution in [0.2, 0.25) is 0 Å². The largest absolute Gasteiger partial charge is 0.355 e. The van der Waals surface area contributed by atoms with Crippen LogP contribution in [0.5, 0.6) is 0 Å². The summed E-state index contributed by atoms with van der Waals surface area (Å²) in [5.74, 6) is 0.675. The van der Waals surface area contributed by atoms with Gasteiger partial charge in [0.15, 0.2) is 0 Å². The first kappa shape index (κ1) is 15.0. The van der Waals surface area contributed by atoms with E-state index < -0.39 is 0 Å². The lowest BCUT2D eigenvalue weighted by molar-refractivity contribution is -0.124. The second-order valence-corrected chi connectivity index (χ2v) is 6.03. The second-order valence-electron chi connectivity index (χ2n) is 6.03. The van der Waals surface area contributed by atoms with Crippen molar-refractivity contribution >= 4 is 16.9 Å². The fraction of sp³-hybridized carbons (Fsp3) is 0.500. The molecule has 3 N–H and O–H groups in total. The Morgan fingerprint density at radius 2 is 2.32 bits per heavy atom. The van der Waals surface area contributed by atoms with Crippen LogP contribution in [0, 0.1) is 11.7 Å². The molecule has 1 aliphatic rings. The molecule has 0 bridgehead atoms. The summed E-state index contributed by atoms with van der Waals surface area (Å²) in [7, 11) is 1.90. The summed E-state index contributed by atoms with van der Waals surface area (Å²) in [4.78, 5) is 16.5. The SMILES string of the molecule is Cn1c(CCNC(=O)C2CCC(N)C2)nc2cc(F)ccc21. The maximum atomic E-state index is 13.2. The number of amides is 1. The van der Waals surface area contributed by atoms with Gasteiger partial charge in [0.2, 0.25) is 5.91 Å². The molecule has 0 radical (unpaired) electrons. The second kappa shape index (κ2) is 6.04. The Morgan fingerprint density at radius 1 is 1.50 bits per heavy atom. The Labute approximate surface area is 128 Å². The lowest BCUT2D eigenvalue weighted by atomic mass is 10.1. The number of hydrogen-bond donors (Lipinski definition) is 2. The molecule has 22 heavy (non-hydrogen) atoms. The van der Waals surface area contributed by atoms with Gasteiger partial charge in [0.25, 0.3) is 0 Å². The van der Waals surface area contributed by atoms with Crippen molar-refractivity contribution in [3.05, 3.63) is 29.8 Å². The van der Waals surface area contributed by atoms with Gasteiger partial charge in [-0.05, 0) is 31.4 Å². The van der Waals surface area contributed by atoms with E-state index in [1.165, 1.54) is 12.1 Å². The van der Waals surface area contributed by atoms with Gasteiger partial charge in [0.1, 0.15) is 11.6 Å². The van der Waals surface area contributed by atoms with E-state index in [0.717, 1.165) is 30.6 Å². The van der Waals surface area contributed by atoms with Gasteiger partial charge in [0.05, 0.1) is 11.0 Å². The fourth-order valence-corrected chi connectivity index (χ4v) is 3.14. The van der Waals surface area contributed by atoms with E-state index in [1.807, 2.05) is 11.6 Å². The molecule has 0 aliphatic heterocycles. The first-order valence-electron chi connectivity index (χ1n) is 7.68. The minimum atomic E-state index is -0.289. The highest BCUT2D eigenvalue weighted by Gasteiger charge is 2.27. The monoisotopic (exact) mass is 304 g/mol. The van der Waals surface area contributed by atoms with Crippen molar-refractivity contribution in [2.24, 2.45) is 18.7 Å². The minimum Gasteiger partial charge on any atom is -0.355 e. The number of halogens is 1. The highest BCUT2D eigenvalue weighted by molar-refractivity contribution is 5.79. The summed E-state index contributed by atoms with van der Waals surface area (Å²) in [6.45, 7) is 0.532. The van der Waals surface area contributed by atoms with Crippen molar-refractivity contribution in [3.8, 4) is 0 Å². The molecule has 1 heterocycles. The highest BCUT2D eigenvalue weighted by Crippen LogP contribution is 2.24. The molecule has 2 unspecified atom stereocenters. The molecule has 118 valence electrons. The number of hydrogen-bond acceptors (Lipinski definition) is 3. The molecule has 2 aromatic rings. The number of nitrogens with zero attached hydrogens (tertiary/aromatic N) is 2. The summed E-state index contributed by atoms with van der Waals surface area (Å²) in [6, 6.07) is 4.74. The van der Waals surface area contributed by atoms with Gasteiger partial charge < -0.3 is 15.6 Å². The Bertz CT molecular complexity index is 697. The number of nitrogens with two attached hydrogens (primary N) is 1. The molecule has 0 spiro atoms. The molecule has 1 aromatic carbocycles. The first-order chi connectivity index (χ1) is 10.5. The summed E-state index contributed by atoms with van der Waals surface area (Å²) in [5, 5.41) is 2.95. The Morgan fingerprint density at radius 3 is 3.05 bits per heavy atom. The molecular formula is C16H21FN4O. The van der Waals surface area contributed by atoms with Crippen LogP contribution in [0.15, 0.2) is 18.2 Å². The fourth-order valence-electron chi connectivity index (χ4n) is 3.14. The zero-order valence-electron chi connectivity index (χ0n) is 12.7. The van der Waals surface area contributed by atoms with Crippen LogP contribution in [0.25, 0.3) is 11.0 Å². The van der Waals surface area contributed by atoms with Crippen molar-refractivity contribution in [1.29, 1.82) is 0 Å². The van der Waals surface area contributed by atoms with Crippen LogP contribution in [0.3, 0.4) is 0 Å². The zero-order valence-corrected chi connectivity index (χ0v) is 12.7. The van der Waals surface area contributed by atoms with E-state index in [0.29, 0.717) is 18.5 Å². The van der Waals surface area contributed by atoms with E-state index in [9.17, 15) is 9.18 Å². The molecule has 1 saturated carbocycles. The van der Waals surface area contributed by atoms with E-state index in [1.54, 1.807) is 6.07 Å². The lowest BCUT2D eigenvalue weighted by Gasteiger charge is -2.10. The number of imidazole rings is 1. The average molecular weight is 304 g/mol. The van der Waals surface area contributed by atoms with Crippen molar-refractivity contribution in [3.63, 3.8) is 0 Å². The topological polar surface area (TPSA) is 72.9 Å². The summed E-state index contributed by atoms with van der Waals surface area (Å²) in [5.41, 5.74) is 7.37. The van der Waals surface area contributed by atoms with Crippen LogP contribution in [0.4, 0.5) is 4.39 Å². The number of carbonyl (C=O) groups excluding carboxylic acids is 1. The van der Waals surface area contributed by atoms with Gasteiger partial charge in [0, 0.05) is 38.0 Å². The summed E-state index contributed by atoms with van der Waals surface area (Å²) >= 11 is 0. The zero-order chi connectivity index (χ0) is 15.7. The lowest BCUT2D eigenvalue weighted by Crippen LogP contribution is -2.32. The number of fused-ring (bicyclic) bond motifs is 1. The molecular weight excluding hydrogens is 283 g/mol. The van der Waals surface area contributed by atoms with E-state index in [-0.39, 0.29) is 23.7 Å². The predicted octanol–water partition coefficient (Wildman–Crippen LogP) is 1.50. The molecule has 3 rings (SSSR count). The smallest absolute Gasteiger partial charge is 0.223 e. The number of rotatable bonds is 4. The Hall–Kier alpha value is -1.95. The standard InChI is InChI=1S/C16H21FN4O/c1-21-14-5-3-11(17)9-13(14)20-15(21)6-7-19-16(22)10-2-4-12(18)8-10/h3,5,9-10,12H,2,4,6-8,18H2,1H3,(H,19,22). The van der Waals surface area contributed by atoms with Gasteiger partial charge in [-0.2, -0.15) is 0 Å². The van der Waals surface area contributed by atoms with E-state index in [2.05, 4.69) is 10.3 Å². The highest BCUT2D eigenvalue weighted by atomic mass is 19.1. The van der Waals surface area contributed by atoms with Crippen molar-refractivity contribution in [2.75, 3.05) is 6.54 Å². The number of aromatic nitrogens is 2. The number of aryl methyl sites for hydroxylation is 1. The molecule has 2 atom stereocenters. The Balaban J connectivity index is 1.60. The van der Waals surface area contributed by atoms with Gasteiger partial charge in [-0.1, -0.05) is 0 Å². The van der Waals surface area contributed by atoms with Gasteiger partial charge >= 0.3 is 0 Å². The molecule has 1 aliphatic carbocycles. The maximum absolute atomic E-state index is 13.2. The van der Waals surface area contributed by atoms with Crippen LogP contribution < -0.4 is 11.1 Å². The molecule has 0 saturated heterocycles. The summed E-state index contributed by atoms with van der Waals surface area (Å²) in [6.07, 6.45) is 3.20. The van der Waals surface area contributed by atoms with Crippen LogP contribution in [-0.4, -0.2) is 28.0 Å². The molecule has 6 heteroatoms. The third-order valence-corrected chi connectivity index (χ3v) is 4.43. The number of carbonyl (C=O) groups is 1. The van der Waals surface area contributed by atoms with Crippen LogP contribution in [-0.2, 0) is 18.3 Å². The van der Waals surface area contributed by atoms with Crippen LogP contribution >= 0.6 is 0 Å². The third-order valence-electron chi connectivity index (χ3n) is 4.43. The first-order valence-corrected chi connectivity index (χ1v) is 7.68. The predicted molar refractivity (Wildman–Crippen MR) is 82.7 cm³/mol. The normalized spacial score (nSPS) is 21.4. The van der Waals surface area contributed by atoms with Gasteiger partial charge in [-0.3, -0.25) is 4.79 Å². The molecule has 5 nitrogen and oxygen atoms in total. The third kappa shape index (κ3) is 2.97. The van der Waals surface area contributed by atoms with Gasteiger partial charge in [-0.15, -0.1) is 0 Å². The quantitative estimate of drug-likeness (QED) is 0.899. The van der Waals surface area contributed by atoms with Crippen molar-refractivity contribution < 1.29 is 9.18 Å². The number of nitrogens with one attached hydrogen (secondary N) is 1.